The van der Waals surface area contributed by atoms with E-state index in [4.69, 9.17) is 9.15 Å². The van der Waals surface area contributed by atoms with Crippen molar-refractivity contribution in [3.63, 3.8) is 0 Å². The molecule has 4 rings (SSSR count). The largest absolute Gasteiger partial charge is 0.451 e. The van der Waals surface area contributed by atoms with Crippen LogP contribution in [0.2, 0.25) is 0 Å². The van der Waals surface area contributed by atoms with Gasteiger partial charge in [-0.2, -0.15) is 0 Å². The molecule has 1 aliphatic rings. The number of rotatable bonds is 5. The summed E-state index contributed by atoms with van der Waals surface area (Å²) in [4.78, 5) is 15.3. The van der Waals surface area contributed by atoms with Crippen LogP contribution in [0.5, 0.6) is 0 Å². The molecule has 1 aromatic heterocycles. The summed E-state index contributed by atoms with van der Waals surface area (Å²) in [6, 6.07) is 14.7. The fourth-order valence-corrected chi connectivity index (χ4v) is 3.95. The number of hydrogen-bond donors (Lipinski definition) is 1. The molecular formula is C24H28N2O3. The van der Waals surface area contributed by atoms with Crippen LogP contribution in [0.4, 0.5) is 0 Å². The normalized spacial score (nSPS) is 16.1. The number of nitrogens with zero attached hydrogens (tertiary/aromatic N) is 1. The van der Waals surface area contributed by atoms with E-state index >= 15 is 0 Å². The molecule has 152 valence electrons. The van der Waals surface area contributed by atoms with E-state index < -0.39 is 0 Å². The second kappa shape index (κ2) is 8.39. The van der Waals surface area contributed by atoms with Crippen LogP contribution in [0.15, 0.2) is 46.9 Å². The van der Waals surface area contributed by atoms with E-state index in [-0.39, 0.29) is 11.9 Å². The molecule has 2 heterocycles. The maximum absolute atomic E-state index is 12.9. The van der Waals surface area contributed by atoms with Crippen molar-refractivity contribution in [3.05, 3.63) is 70.5 Å². The Hall–Kier alpha value is -2.63. The van der Waals surface area contributed by atoms with Gasteiger partial charge in [0, 0.05) is 30.6 Å². The van der Waals surface area contributed by atoms with Crippen molar-refractivity contribution in [2.24, 2.45) is 0 Å². The number of carbonyl (C=O) groups excluding carboxylic acids is 1. The molecule has 2 aromatic carbocycles. The van der Waals surface area contributed by atoms with E-state index in [1.54, 1.807) is 0 Å². The smallest absolute Gasteiger partial charge is 0.287 e. The van der Waals surface area contributed by atoms with E-state index in [0.717, 1.165) is 48.4 Å². The van der Waals surface area contributed by atoms with Crippen LogP contribution in [-0.4, -0.2) is 43.7 Å². The minimum absolute atomic E-state index is 0.107. The van der Waals surface area contributed by atoms with E-state index in [1.807, 2.05) is 32.0 Å². The van der Waals surface area contributed by atoms with Gasteiger partial charge in [0.2, 0.25) is 0 Å². The average molecular weight is 392 g/mol. The molecule has 1 saturated heterocycles. The molecule has 1 aliphatic heterocycles. The highest BCUT2D eigenvalue weighted by Crippen LogP contribution is 2.27. The maximum atomic E-state index is 12.9. The summed E-state index contributed by atoms with van der Waals surface area (Å²) in [5.41, 5.74) is 5.19. The van der Waals surface area contributed by atoms with Gasteiger partial charge in [-0.3, -0.25) is 9.69 Å². The topological polar surface area (TPSA) is 54.7 Å². The van der Waals surface area contributed by atoms with Crippen molar-refractivity contribution >= 4 is 16.9 Å². The lowest BCUT2D eigenvalue weighted by Gasteiger charge is -2.35. The molecule has 0 radical (unpaired) electrons. The Morgan fingerprint density at radius 1 is 1.03 bits per heavy atom. The number of furan rings is 1. The third-order valence-corrected chi connectivity index (χ3v) is 5.70. The molecule has 29 heavy (non-hydrogen) atoms. The first kappa shape index (κ1) is 19.7. The van der Waals surface area contributed by atoms with Gasteiger partial charge in [-0.25, -0.2) is 0 Å². The number of fused-ring (bicyclic) bond motifs is 1. The molecular weight excluding hydrogens is 364 g/mol. The molecule has 5 nitrogen and oxygen atoms in total. The van der Waals surface area contributed by atoms with E-state index in [0.29, 0.717) is 12.3 Å². The van der Waals surface area contributed by atoms with Crippen LogP contribution in [0, 0.1) is 20.8 Å². The molecule has 0 spiro atoms. The Balaban J connectivity index is 1.54. The van der Waals surface area contributed by atoms with Crippen molar-refractivity contribution in [3.8, 4) is 0 Å². The summed E-state index contributed by atoms with van der Waals surface area (Å²) in [5.74, 6) is 0.233. The summed E-state index contributed by atoms with van der Waals surface area (Å²) in [6.07, 6.45) is 0. The molecule has 0 aliphatic carbocycles. The summed E-state index contributed by atoms with van der Waals surface area (Å²) in [6.45, 7) is 9.73. The third kappa shape index (κ3) is 4.21. The molecule has 1 fully saturated rings. The first-order valence-electron chi connectivity index (χ1n) is 10.2. The van der Waals surface area contributed by atoms with Gasteiger partial charge in [0.25, 0.3) is 5.91 Å². The molecule has 5 heteroatoms. The highest BCUT2D eigenvalue weighted by Gasteiger charge is 2.25. The number of morpholine rings is 1. The minimum Gasteiger partial charge on any atom is -0.451 e. The van der Waals surface area contributed by atoms with E-state index in [9.17, 15) is 4.79 Å². The maximum Gasteiger partial charge on any atom is 0.287 e. The summed E-state index contributed by atoms with van der Waals surface area (Å²) >= 11 is 0. The minimum atomic E-state index is -0.165. The van der Waals surface area contributed by atoms with Crippen molar-refractivity contribution in [1.29, 1.82) is 0 Å². The SMILES string of the molecule is Cc1ccc([C@@H](CNC(=O)c2oc3cc(C)ccc3c2C)N2CCOCC2)cc1. The fourth-order valence-electron chi connectivity index (χ4n) is 3.95. The molecule has 1 N–H and O–H groups in total. The summed E-state index contributed by atoms with van der Waals surface area (Å²) in [7, 11) is 0. The zero-order valence-corrected chi connectivity index (χ0v) is 17.3. The van der Waals surface area contributed by atoms with Crippen molar-refractivity contribution in [2.45, 2.75) is 26.8 Å². The number of ether oxygens (including phenoxy) is 1. The van der Waals surface area contributed by atoms with Crippen LogP contribution in [0.25, 0.3) is 11.0 Å². The second-order valence-corrected chi connectivity index (χ2v) is 7.84. The van der Waals surface area contributed by atoms with Crippen LogP contribution in [-0.2, 0) is 4.74 Å². The number of nitrogens with one attached hydrogen (secondary N) is 1. The summed E-state index contributed by atoms with van der Waals surface area (Å²) in [5, 5.41) is 4.10. The van der Waals surface area contributed by atoms with E-state index in [1.165, 1.54) is 11.1 Å². The predicted octanol–water partition coefficient (Wildman–Crippen LogP) is 4.16. The lowest BCUT2D eigenvalue weighted by atomic mass is 10.0. The van der Waals surface area contributed by atoms with Crippen molar-refractivity contribution < 1.29 is 13.9 Å². The Bertz CT molecular complexity index is 1000. The van der Waals surface area contributed by atoms with Crippen LogP contribution in [0.1, 0.15) is 38.9 Å². The number of carbonyl (C=O) groups is 1. The predicted molar refractivity (Wildman–Crippen MR) is 114 cm³/mol. The quantitative estimate of drug-likeness (QED) is 0.708. The van der Waals surface area contributed by atoms with Crippen molar-refractivity contribution in [2.75, 3.05) is 32.8 Å². The monoisotopic (exact) mass is 392 g/mol. The lowest BCUT2D eigenvalue weighted by molar-refractivity contribution is 0.0161. The van der Waals surface area contributed by atoms with Gasteiger partial charge < -0.3 is 14.5 Å². The Morgan fingerprint density at radius 3 is 2.45 bits per heavy atom. The standard InChI is InChI=1S/C24H28N2O3/c1-16-4-7-19(8-5-16)21(26-10-12-28-13-11-26)15-25-24(27)23-18(3)20-9-6-17(2)14-22(20)29-23/h4-9,14,21H,10-13,15H2,1-3H3,(H,25,27)/t21-/m1/s1. The first-order valence-corrected chi connectivity index (χ1v) is 10.2. The van der Waals surface area contributed by atoms with Gasteiger partial charge in [0.05, 0.1) is 19.3 Å². The third-order valence-electron chi connectivity index (χ3n) is 5.70. The number of amides is 1. The van der Waals surface area contributed by atoms with Gasteiger partial charge in [-0.05, 0) is 38.0 Å². The molecule has 0 saturated carbocycles. The molecule has 1 amide bonds. The molecule has 3 aromatic rings. The molecule has 0 bridgehead atoms. The average Bonchev–Trinajstić information content (AvgIpc) is 3.06. The Labute approximate surface area is 171 Å². The van der Waals surface area contributed by atoms with Crippen LogP contribution < -0.4 is 5.32 Å². The van der Waals surface area contributed by atoms with E-state index in [2.05, 4.69) is 41.4 Å². The van der Waals surface area contributed by atoms with Gasteiger partial charge in [0.15, 0.2) is 5.76 Å². The number of aryl methyl sites for hydroxylation is 3. The fraction of sp³-hybridized carbons (Fsp3) is 0.375. The summed E-state index contributed by atoms with van der Waals surface area (Å²) < 4.78 is 11.4. The zero-order valence-electron chi connectivity index (χ0n) is 17.3. The lowest BCUT2D eigenvalue weighted by Crippen LogP contribution is -2.43. The molecule has 1 atom stereocenters. The Kier molecular flexibility index (Phi) is 5.69. The van der Waals surface area contributed by atoms with Gasteiger partial charge in [-0.15, -0.1) is 0 Å². The number of benzene rings is 2. The van der Waals surface area contributed by atoms with Gasteiger partial charge in [-0.1, -0.05) is 42.0 Å². The van der Waals surface area contributed by atoms with Crippen molar-refractivity contribution in [1.82, 2.24) is 10.2 Å². The van der Waals surface area contributed by atoms with Gasteiger partial charge in [0.1, 0.15) is 5.58 Å². The highest BCUT2D eigenvalue weighted by atomic mass is 16.5. The van der Waals surface area contributed by atoms with Crippen LogP contribution in [0.3, 0.4) is 0 Å². The molecule has 0 unspecified atom stereocenters. The second-order valence-electron chi connectivity index (χ2n) is 7.84. The number of hydrogen-bond acceptors (Lipinski definition) is 4. The van der Waals surface area contributed by atoms with Gasteiger partial charge >= 0.3 is 0 Å². The Morgan fingerprint density at radius 2 is 1.72 bits per heavy atom. The first-order chi connectivity index (χ1) is 14.0. The highest BCUT2D eigenvalue weighted by molar-refractivity contribution is 5.99. The van der Waals surface area contributed by atoms with Crippen LogP contribution >= 0.6 is 0 Å². The zero-order chi connectivity index (χ0) is 20.4.